The molecule has 0 radical (unpaired) electrons. The maximum absolute atomic E-state index is 12.1. The van der Waals surface area contributed by atoms with Crippen LogP contribution in [-0.4, -0.2) is 68.7 Å². The summed E-state index contributed by atoms with van der Waals surface area (Å²) < 4.78 is 28.7. The number of likely N-dealkylation sites (tertiary alicyclic amines) is 1. The molecule has 8 nitrogen and oxygen atoms in total. The molecule has 5 rings (SSSR count). The first-order valence-corrected chi connectivity index (χ1v) is 13.9. The van der Waals surface area contributed by atoms with E-state index < -0.39 is 0 Å². The number of fused-ring (bicyclic) bond motifs is 1. The zero-order valence-electron chi connectivity index (χ0n) is 21.3. The summed E-state index contributed by atoms with van der Waals surface area (Å²) >= 11 is 0. The lowest BCUT2D eigenvalue weighted by Gasteiger charge is -2.31. The SMILES string of the molecule is O=C(OCCCN1CCC(COc2noc3cccc(OCC4CCCC4)c23)CC1)C1CCOCC1. The third-order valence-electron chi connectivity index (χ3n) is 7.96. The number of ether oxygens (including phenoxy) is 4. The molecule has 0 atom stereocenters. The first kappa shape index (κ1) is 25.3. The van der Waals surface area contributed by atoms with E-state index in [0.29, 0.717) is 49.7 Å². The number of rotatable bonds is 11. The molecule has 1 aliphatic carbocycles. The zero-order chi connectivity index (χ0) is 24.6. The summed E-state index contributed by atoms with van der Waals surface area (Å²) in [6, 6.07) is 5.85. The molecule has 0 spiro atoms. The minimum atomic E-state index is -0.0540. The number of nitrogens with zero attached hydrogens (tertiary/aromatic N) is 2. The Morgan fingerprint density at radius 3 is 2.53 bits per heavy atom. The quantitative estimate of drug-likeness (QED) is 0.320. The molecule has 36 heavy (non-hydrogen) atoms. The van der Waals surface area contributed by atoms with Gasteiger partial charge in [-0.3, -0.25) is 4.79 Å². The van der Waals surface area contributed by atoms with Crippen molar-refractivity contribution in [1.29, 1.82) is 0 Å². The summed E-state index contributed by atoms with van der Waals surface area (Å²) in [6.45, 7) is 6.26. The molecule has 0 N–H and O–H groups in total. The van der Waals surface area contributed by atoms with Crippen LogP contribution < -0.4 is 9.47 Å². The van der Waals surface area contributed by atoms with Crippen LogP contribution in [0.4, 0.5) is 0 Å². The van der Waals surface area contributed by atoms with Gasteiger partial charge in [0.2, 0.25) is 0 Å². The summed E-state index contributed by atoms with van der Waals surface area (Å²) in [6.07, 6.45) is 9.74. The molecular weight excluding hydrogens is 460 g/mol. The van der Waals surface area contributed by atoms with Gasteiger partial charge in [-0.05, 0) is 87.2 Å². The van der Waals surface area contributed by atoms with E-state index in [0.717, 1.165) is 69.5 Å². The summed E-state index contributed by atoms with van der Waals surface area (Å²) in [7, 11) is 0. The summed E-state index contributed by atoms with van der Waals surface area (Å²) in [5.41, 5.74) is 0.710. The fraction of sp³-hybridized carbons (Fsp3) is 0.714. The number of piperidine rings is 1. The topological polar surface area (TPSA) is 83.3 Å². The number of esters is 1. The van der Waals surface area contributed by atoms with Crippen LogP contribution >= 0.6 is 0 Å². The van der Waals surface area contributed by atoms with Gasteiger partial charge in [-0.1, -0.05) is 18.9 Å². The molecule has 2 saturated heterocycles. The molecule has 0 unspecified atom stereocenters. The maximum Gasteiger partial charge on any atom is 0.309 e. The van der Waals surface area contributed by atoms with E-state index in [4.69, 9.17) is 23.5 Å². The Morgan fingerprint density at radius 1 is 0.972 bits per heavy atom. The monoisotopic (exact) mass is 500 g/mol. The first-order valence-electron chi connectivity index (χ1n) is 13.9. The van der Waals surface area contributed by atoms with Crippen LogP contribution in [-0.2, 0) is 14.3 Å². The van der Waals surface area contributed by atoms with Crippen molar-refractivity contribution in [2.45, 2.75) is 57.8 Å². The predicted molar refractivity (Wildman–Crippen MR) is 135 cm³/mol. The average Bonchev–Trinajstić information content (AvgIpc) is 3.60. The van der Waals surface area contributed by atoms with Crippen molar-refractivity contribution in [2.24, 2.45) is 17.8 Å². The Labute approximate surface area is 213 Å². The molecule has 2 aromatic rings. The van der Waals surface area contributed by atoms with E-state index >= 15 is 0 Å². The highest BCUT2D eigenvalue weighted by atomic mass is 16.5. The third-order valence-corrected chi connectivity index (χ3v) is 7.96. The molecule has 0 amide bonds. The van der Waals surface area contributed by atoms with Gasteiger partial charge in [0.05, 0.1) is 25.7 Å². The molecule has 0 bridgehead atoms. The molecule has 3 heterocycles. The molecule has 3 fully saturated rings. The number of hydrogen-bond donors (Lipinski definition) is 0. The predicted octanol–water partition coefficient (Wildman–Crippen LogP) is 4.85. The molecular formula is C28H40N2O6. The number of carbonyl (C=O) groups excluding carboxylic acids is 1. The van der Waals surface area contributed by atoms with Crippen molar-refractivity contribution in [1.82, 2.24) is 10.1 Å². The van der Waals surface area contributed by atoms with Crippen LogP contribution in [0, 0.1) is 17.8 Å². The van der Waals surface area contributed by atoms with Crippen molar-refractivity contribution in [3.05, 3.63) is 18.2 Å². The molecule has 1 aromatic carbocycles. The fourth-order valence-electron chi connectivity index (χ4n) is 5.62. The van der Waals surface area contributed by atoms with Gasteiger partial charge in [0, 0.05) is 19.8 Å². The van der Waals surface area contributed by atoms with E-state index in [1.807, 2.05) is 18.2 Å². The van der Waals surface area contributed by atoms with E-state index in [-0.39, 0.29) is 11.9 Å². The van der Waals surface area contributed by atoms with Gasteiger partial charge in [0.25, 0.3) is 5.88 Å². The Balaban J connectivity index is 1.02. The van der Waals surface area contributed by atoms with Crippen LogP contribution in [0.25, 0.3) is 11.0 Å². The summed E-state index contributed by atoms with van der Waals surface area (Å²) in [5.74, 6) is 2.45. The minimum absolute atomic E-state index is 0.0197. The average molecular weight is 501 g/mol. The van der Waals surface area contributed by atoms with Crippen molar-refractivity contribution in [3.8, 4) is 11.6 Å². The largest absolute Gasteiger partial charge is 0.492 e. The zero-order valence-corrected chi connectivity index (χ0v) is 21.3. The fourth-order valence-corrected chi connectivity index (χ4v) is 5.62. The van der Waals surface area contributed by atoms with Crippen molar-refractivity contribution < 1.29 is 28.3 Å². The van der Waals surface area contributed by atoms with Crippen molar-refractivity contribution in [3.63, 3.8) is 0 Å². The standard InChI is InChI=1S/C28H40N2O6/c31-28(23-11-17-32-18-12-23)33-16-4-13-30-14-9-22(10-15-30)20-35-27-26-24(7-3-8-25(26)36-29-27)34-19-21-5-1-2-6-21/h3,7-8,21-23H,1-2,4-6,9-20H2. The lowest BCUT2D eigenvalue weighted by Crippen LogP contribution is -2.36. The van der Waals surface area contributed by atoms with Gasteiger partial charge in [-0.15, -0.1) is 0 Å². The number of carbonyl (C=O) groups is 1. The highest BCUT2D eigenvalue weighted by molar-refractivity contribution is 5.88. The highest BCUT2D eigenvalue weighted by Gasteiger charge is 2.24. The van der Waals surface area contributed by atoms with Crippen LogP contribution in [0.2, 0.25) is 0 Å². The maximum atomic E-state index is 12.1. The number of hydrogen-bond acceptors (Lipinski definition) is 8. The molecule has 1 saturated carbocycles. The summed E-state index contributed by atoms with van der Waals surface area (Å²) in [5, 5.41) is 5.05. The van der Waals surface area contributed by atoms with Crippen LogP contribution in [0.1, 0.15) is 57.8 Å². The normalized spacial score (nSPS) is 20.7. The van der Waals surface area contributed by atoms with Gasteiger partial charge in [0.1, 0.15) is 11.1 Å². The lowest BCUT2D eigenvalue weighted by molar-refractivity contribution is -0.151. The number of aromatic nitrogens is 1. The van der Waals surface area contributed by atoms with Crippen LogP contribution in [0.5, 0.6) is 11.6 Å². The van der Waals surface area contributed by atoms with E-state index in [1.54, 1.807) is 0 Å². The van der Waals surface area contributed by atoms with Crippen LogP contribution in [0.3, 0.4) is 0 Å². The van der Waals surface area contributed by atoms with Crippen molar-refractivity contribution in [2.75, 3.05) is 52.7 Å². The van der Waals surface area contributed by atoms with Gasteiger partial charge in [-0.2, -0.15) is 0 Å². The smallest absolute Gasteiger partial charge is 0.309 e. The van der Waals surface area contributed by atoms with E-state index in [9.17, 15) is 4.79 Å². The third kappa shape index (κ3) is 6.71. The Hall–Kier alpha value is -2.32. The van der Waals surface area contributed by atoms with Gasteiger partial charge < -0.3 is 28.4 Å². The van der Waals surface area contributed by atoms with Crippen molar-refractivity contribution >= 4 is 16.9 Å². The van der Waals surface area contributed by atoms with E-state index in [1.165, 1.54) is 25.7 Å². The van der Waals surface area contributed by atoms with Crippen LogP contribution in [0.15, 0.2) is 22.7 Å². The highest BCUT2D eigenvalue weighted by Crippen LogP contribution is 2.35. The Morgan fingerprint density at radius 2 is 1.72 bits per heavy atom. The van der Waals surface area contributed by atoms with Gasteiger partial charge in [-0.25, -0.2) is 0 Å². The molecule has 1 aromatic heterocycles. The minimum Gasteiger partial charge on any atom is -0.492 e. The second-order valence-corrected chi connectivity index (χ2v) is 10.6. The number of benzene rings is 1. The van der Waals surface area contributed by atoms with Gasteiger partial charge in [0.15, 0.2) is 5.58 Å². The Kier molecular flexibility index (Phi) is 8.99. The summed E-state index contributed by atoms with van der Waals surface area (Å²) in [4.78, 5) is 14.6. The lowest BCUT2D eigenvalue weighted by atomic mass is 9.98. The molecule has 198 valence electrons. The van der Waals surface area contributed by atoms with Gasteiger partial charge >= 0.3 is 5.97 Å². The molecule has 3 aliphatic rings. The molecule has 8 heteroatoms. The second-order valence-electron chi connectivity index (χ2n) is 10.6. The molecule has 2 aliphatic heterocycles. The first-order chi connectivity index (χ1) is 17.8. The van der Waals surface area contributed by atoms with E-state index in [2.05, 4.69) is 10.1 Å². The second kappa shape index (κ2) is 12.8. The Bertz CT molecular complexity index is 958.